The quantitative estimate of drug-likeness (QED) is 0.188. The van der Waals surface area contributed by atoms with Gasteiger partial charge in [0.2, 0.25) is 10.0 Å². The van der Waals surface area contributed by atoms with Crippen molar-refractivity contribution in [1.82, 2.24) is 9.97 Å². The zero-order valence-corrected chi connectivity index (χ0v) is 21.9. The molecule has 0 saturated heterocycles. The second-order valence-electron chi connectivity index (χ2n) is 8.32. The summed E-state index contributed by atoms with van der Waals surface area (Å²) in [5.74, 6) is 1.50. The molecule has 5 aromatic rings. The highest BCUT2D eigenvalue weighted by molar-refractivity contribution is 7.89. The molecule has 192 valence electrons. The number of sulfonamides is 1. The molecule has 5 rings (SSSR count). The van der Waals surface area contributed by atoms with Gasteiger partial charge in [0.05, 0.1) is 23.0 Å². The molecule has 38 heavy (non-hydrogen) atoms. The molecule has 0 amide bonds. The lowest BCUT2D eigenvalue weighted by atomic mass is 10.0. The maximum Gasteiger partial charge on any atom is 0.238 e. The number of fused-ring (bicyclic) bond motifs is 1. The third-order valence-electron chi connectivity index (χ3n) is 5.80. The summed E-state index contributed by atoms with van der Waals surface area (Å²) in [6.45, 7) is 0.181. The summed E-state index contributed by atoms with van der Waals surface area (Å²) >= 11 is 1.57. The van der Waals surface area contributed by atoms with Crippen LogP contribution in [0.4, 0.5) is 0 Å². The third kappa shape index (κ3) is 5.52. The molecule has 3 N–H and O–H groups in total. The zero-order valence-electron chi connectivity index (χ0n) is 20.2. The molecule has 0 atom stereocenters. The number of para-hydroxylation sites is 2. The maximum absolute atomic E-state index is 12.9. The van der Waals surface area contributed by atoms with Gasteiger partial charge in [-0.3, -0.25) is 4.79 Å². The van der Waals surface area contributed by atoms with Crippen LogP contribution in [-0.4, -0.2) is 31.3 Å². The Morgan fingerprint density at radius 3 is 2.53 bits per heavy atom. The van der Waals surface area contributed by atoms with Gasteiger partial charge in [0.15, 0.2) is 5.78 Å². The van der Waals surface area contributed by atoms with Gasteiger partial charge in [-0.25, -0.2) is 18.5 Å². The number of imidazole rings is 1. The first-order chi connectivity index (χ1) is 18.3. The molecule has 0 fully saturated rings. The number of carbonyl (C=O) groups excluding carboxylic acids is 1. The SMILES string of the molecule is COc1cc(OCc2nc3ccccc3[nH]2)c(C=CC(=O)c2ccc(S(N)(=O)=O)cc2)cc1-c1cccs1. The Balaban J connectivity index is 1.47. The number of primary sulfonamides is 1. The van der Waals surface area contributed by atoms with E-state index in [-0.39, 0.29) is 17.3 Å². The van der Waals surface area contributed by atoms with E-state index in [1.807, 2.05) is 47.8 Å². The summed E-state index contributed by atoms with van der Waals surface area (Å²) in [4.78, 5) is 21.6. The van der Waals surface area contributed by atoms with Gasteiger partial charge in [-0.15, -0.1) is 11.3 Å². The zero-order chi connectivity index (χ0) is 26.7. The van der Waals surface area contributed by atoms with E-state index in [0.717, 1.165) is 21.5 Å². The molecule has 3 aromatic carbocycles. The van der Waals surface area contributed by atoms with Crippen LogP contribution in [0.1, 0.15) is 21.7 Å². The van der Waals surface area contributed by atoms with Crippen LogP contribution in [0.25, 0.3) is 27.6 Å². The van der Waals surface area contributed by atoms with Gasteiger partial charge in [0.1, 0.15) is 23.9 Å². The third-order valence-corrected chi connectivity index (χ3v) is 7.64. The number of rotatable bonds is 9. The Morgan fingerprint density at radius 1 is 1.05 bits per heavy atom. The van der Waals surface area contributed by atoms with E-state index in [1.54, 1.807) is 30.6 Å². The fourth-order valence-electron chi connectivity index (χ4n) is 3.92. The number of hydrogen-bond acceptors (Lipinski definition) is 7. The Kier molecular flexibility index (Phi) is 7.10. The number of aromatic amines is 1. The fraction of sp³-hybridized carbons (Fsp3) is 0.0714. The lowest BCUT2D eigenvalue weighted by Gasteiger charge is -2.14. The molecule has 0 bridgehead atoms. The molecule has 0 unspecified atom stereocenters. The summed E-state index contributed by atoms with van der Waals surface area (Å²) in [6, 6.07) is 20.8. The summed E-state index contributed by atoms with van der Waals surface area (Å²) in [5, 5.41) is 7.13. The summed E-state index contributed by atoms with van der Waals surface area (Å²) in [7, 11) is -2.24. The molecule has 2 aromatic heterocycles. The number of ether oxygens (including phenoxy) is 2. The number of thiophene rings is 1. The second-order valence-corrected chi connectivity index (χ2v) is 10.8. The predicted octanol–water partition coefficient (Wildman–Crippen LogP) is 5.42. The standard InChI is InChI=1S/C28H23N3O5S2/c1-35-26-16-25(36-17-28-30-22-5-2-3-6-23(22)31-28)19(15-21(26)27-7-4-14-37-27)10-13-24(32)18-8-11-20(12-9-18)38(29,33)34/h2-16H,17H2,1H3,(H,30,31)(H2,29,33,34). The normalized spacial score (nSPS) is 11.7. The van der Waals surface area contributed by atoms with Gasteiger partial charge >= 0.3 is 0 Å². The highest BCUT2D eigenvalue weighted by Crippen LogP contribution is 2.39. The van der Waals surface area contributed by atoms with Crippen LogP contribution in [0.2, 0.25) is 0 Å². The van der Waals surface area contributed by atoms with E-state index in [9.17, 15) is 13.2 Å². The Labute approximate surface area is 223 Å². The number of hydrogen-bond donors (Lipinski definition) is 2. The number of benzene rings is 3. The molecule has 0 aliphatic carbocycles. The van der Waals surface area contributed by atoms with Crippen LogP contribution in [0.3, 0.4) is 0 Å². The molecular weight excluding hydrogens is 522 g/mol. The number of aromatic nitrogens is 2. The lowest BCUT2D eigenvalue weighted by Crippen LogP contribution is -2.12. The van der Waals surface area contributed by atoms with Gasteiger partial charge in [-0.2, -0.15) is 0 Å². The van der Waals surface area contributed by atoms with Crippen molar-refractivity contribution >= 4 is 44.3 Å². The van der Waals surface area contributed by atoms with Gasteiger partial charge < -0.3 is 14.5 Å². The number of carbonyl (C=O) groups is 1. The molecule has 0 radical (unpaired) electrons. The minimum Gasteiger partial charge on any atom is -0.496 e. The van der Waals surface area contributed by atoms with E-state index in [4.69, 9.17) is 14.6 Å². The van der Waals surface area contributed by atoms with Crippen LogP contribution in [0, 0.1) is 0 Å². The molecule has 0 spiro atoms. The maximum atomic E-state index is 12.9. The van der Waals surface area contributed by atoms with Gasteiger partial charge in [-0.05, 0) is 66.1 Å². The first kappa shape index (κ1) is 25.4. The molecule has 10 heteroatoms. The van der Waals surface area contributed by atoms with Crippen molar-refractivity contribution in [3.05, 3.63) is 101 Å². The van der Waals surface area contributed by atoms with Crippen molar-refractivity contribution < 1.29 is 22.7 Å². The minimum atomic E-state index is -3.84. The lowest BCUT2D eigenvalue weighted by molar-refractivity contribution is 0.104. The van der Waals surface area contributed by atoms with Crippen LogP contribution in [-0.2, 0) is 16.6 Å². The Bertz CT molecular complexity index is 1710. The molecular formula is C28H23N3O5S2. The van der Waals surface area contributed by atoms with Crippen LogP contribution in [0.5, 0.6) is 11.5 Å². The van der Waals surface area contributed by atoms with Crippen molar-refractivity contribution in [3.63, 3.8) is 0 Å². The topological polar surface area (TPSA) is 124 Å². The number of nitrogens with one attached hydrogen (secondary N) is 1. The number of nitrogens with zero attached hydrogens (tertiary/aromatic N) is 1. The number of allylic oxidation sites excluding steroid dienone is 1. The van der Waals surface area contributed by atoms with Crippen molar-refractivity contribution in [1.29, 1.82) is 0 Å². The van der Waals surface area contributed by atoms with Crippen molar-refractivity contribution in [2.75, 3.05) is 7.11 Å². The molecule has 0 aliphatic rings. The smallest absolute Gasteiger partial charge is 0.238 e. The summed E-state index contributed by atoms with van der Waals surface area (Å²) in [6.07, 6.45) is 3.08. The van der Waals surface area contributed by atoms with Crippen molar-refractivity contribution in [2.24, 2.45) is 5.14 Å². The van der Waals surface area contributed by atoms with E-state index in [0.29, 0.717) is 28.5 Å². The summed E-state index contributed by atoms with van der Waals surface area (Å²) < 4.78 is 34.8. The van der Waals surface area contributed by atoms with Crippen LogP contribution in [0.15, 0.2) is 89.1 Å². The number of ketones is 1. The number of methoxy groups -OCH3 is 1. The highest BCUT2D eigenvalue weighted by Gasteiger charge is 2.15. The monoisotopic (exact) mass is 545 g/mol. The van der Waals surface area contributed by atoms with E-state index >= 15 is 0 Å². The van der Waals surface area contributed by atoms with Gasteiger partial charge in [-0.1, -0.05) is 18.2 Å². The minimum absolute atomic E-state index is 0.0601. The number of H-pyrrole nitrogens is 1. The molecule has 2 heterocycles. The average Bonchev–Trinajstić information content (AvgIpc) is 3.60. The fourth-order valence-corrected chi connectivity index (χ4v) is 5.18. The average molecular weight is 546 g/mol. The van der Waals surface area contributed by atoms with E-state index < -0.39 is 10.0 Å². The molecule has 0 aliphatic heterocycles. The van der Waals surface area contributed by atoms with Crippen molar-refractivity contribution in [3.8, 4) is 21.9 Å². The Hall–Kier alpha value is -4.25. The second kappa shape index (κ2) is 10.6. The number of nitrogens with two attached hydrogens (primary N) is 1. The van der Waals surface area contributed by atoms with E-state index in [2.05, 4.69) is 9.97 Å². The first-order valence-electron chi connectivity index (χ1n) is 11.5. The van der Waals surface area contributed by atoms with Crippen LogP contribution >= 0.6 is 11.3 Å². The predicted molar refractivity (Wildman–Crippen MR) is 148 cm³/mol. The summed E-state index contributed by atoms with van der Waals surface area (Å²) in [5.41, 5.74) is 3.61. The first-order valence-corrected chi connectivity index (χ1v) is 13.9. The Morgan fingerprint density at radius 2 is 1.84 bits per heavy atom. The molecule has 0 saturated carbocycles. The van der Waals surface area contributed by atoms with Gasteiger partial charge in [0.25, 0.3) is 0 Å². The van der Waals surface area contributed by atoms with E-state index in [1.165, 1.54) is 30.3 Å². The highest BCUT2D eigenvalue weighted by atomic mass is 32.2. The largest absolute Gasteiger partial charge is 0.496 e. The van der Waals surface area contributed by atoms with Crippen LogP contribution < -0.4 is 14.6 Å². The van der Waals surface area contributed by atoms with Crippen molar-refractivity contribution in [2.45, 2.75) is 11.5 Å². The van der Waals surface area contributed by atoms with Gasteiger partial charge in [0, 0.05) is 27.6 Å². The molecule has 8 nitrogen and oxygen atoms in total.